The maximum Gasteiger partial charge on any atom is 0.250 e. The highest BCUT2D eigenvalue weighted by Crippen LogP contribution is 2.31. The molecule has 0 bridgehead atoms. The molecular weight excluding hydrogens is 244 g/mol. The van der Waals surface area contributed by atoms with Gasteiger partial charge in [0, 0.05) is 7.11 Å². The number of hydrogen-bond donors (Lipinski definition) is 1. The van der Waals surface area contributed by atoms with Crippen molar-refractivity contribution in [3.63, 3.8) is 0 Å². The zero-order chi connectivity index (χ0) is 11.4. The molecule has 0 radical (unpaired) electrons. The van der Waals surface area contributed by atoms with Gasteiger partial charge in [0.25, 0.3) is 0 Å². The molecule has 0 heterocycles. The summed E-state index contributed by atoms with van der Waals surface area (Å²) in [5, 5.41) is 2.50. The van der Waals surface area contributed by atoms with Gasteiger partial charge in [0.2, 0.25) is 5.91 Å². The molecule has 0 unspecified atom stereocenters. The SMILES string of the molecule is COCC(=O)Nc1c(Cl)cc(F)cc1Cl. The number of amides is 1. The molecule has 0 fully saturated rings. The zero-order valence-corrected chi connectivity index (χ0v) is 9.32. The third-order valence-electron chi connectivity index (χ3n) is 1.55. The summed E-state index contributed by atoms with van der Waals surface area (Å²) in [5.74, 6) is -0.970. The lowest BCUT2D eigenvalue weighted by atomic mass is 10.3. The van der Waals surface area contributed by atoms with Crippen molar-refractivity contribution in [1.82, 2.24) is 0 Å². The van der Waals surface area contributed by atoms with Crippen LogP contribution in [-0.2, 0) is 9.53 Å². The van der Waals surface area contributed by atoms with E-state index >= 15 is 0 Å². The van der Waals surface area contributed by atoms with Crippen molar-refractivity contribution in [3.05, 3.63) is 28.0 Å². The Morgan fingerprint density at radius 1 is 1.47 bits per heavy atom. The van der Waals surface area contributed by atoms with Crippen molar-refractivity contribution in [2.45, 2.75) is 0 Å². The Hall–Kier alpha value is -0.840. The topological polar surface area (TPSA) is 38.3 Å². The second-order valence-corrected chi connectivity index (χ2v) is 3.54. The third kappa shape index (κ3) is 3.34. The lowest BCUT2D eigenvalue weighted by Gasteiger charge is -2.08. The number of halogens is 3. The fourth-order valence-corrected chi connectivity index (χ4v) is 1.52. The van der Waals surface area contributed by atoms with E-state index < -0.39 is 11.7 Å². The van der Waals surface area contributed by atoms with Crippen LogP contribution >= 0.6 is 23.2 Å². The predicted molar refractivity (Wildman–Crippen MR) is 56.9 cm³/mol. The van der Waals surface area contributed by atoms with Gasteiger partial charge in [-0.25, -0.2) is 4.39 Å². The largest absolute Gasteiger partial charge is 0.375 e. The van der Waals surface area contributed by atoms with Gasteiger partial charge in [-0.2, -0.15) is 0 Å². The molecule has 0 saturated heterocycles. The van der Waals surface area contributed by atoms with E-state index in [4.69, 9.17) is 23.2 Å². The van der Waals surface area contributed by atoms with E-state index in [1.807, 2.05) is 0 Å². The van der Waals surface area contributed by atoms with Crippen LogP contribution in [-0.4, -0.2) is 19.6 Å². The van der Waals surface area contributed by atoms with E-state index in [2.05, 4.69) is 10.1 Å². The number of rotatable bonds is 3. The number of carbonyl (C=O) groups excluding carboxylic acids is 1. The maximum atomic E-state index is 12.8. The molecular formula is C9H8Cl2FNO2. The number of carbonyl (C=O) groups is 1. The molecule has 0 aliphatic heterocycles. The van der Waals surface area contributed by atoms with Crippen molar-refractivity contribution >= 4 is 34.8 Å². The number of ether oxygens (including phenoxy) is 1. The summed E-state index contributed by atoms with van der Waals surface area (Å²) in [6, 6.07) is 2.13. The Balaban J connectivity index is 2.90. The first-order chi connectivity index (χ1) is 7.04. The van der Waals surface area contributed by atoms with Crippen LogP contribution < -0.4 is 5.32 Å². The predicted octanol–water partition coefficient (Wildman–Crippen LogP) is 2.72. The molecule has 82 valence electrons. The van der Waals surface area contributed by atoms with Crippen LogP contribution in [0.3, 0.4) is 0 Å². The summed E-state index contributed by atoms with van der Waals surface area (Å²) in [5.41, 5.74) is 0.182. The second-order valence-electron chi connectivity index (χ2n) is 2.73. The molecule has 0 aliphatic rings. The molecule has 1 N–H and O–H groups in total. The summed E-state index contributed by atoms with van der Waals surface area (Å²) in [6.07, 6.45) is 0. The Bertz CT molecular complexity index is 361. The highest BCUT2D eigenvalue weighted by atomic mass is 35.5. The quantitative estimate of drug-likeness (QED) is 0.898. The first-order valence-corrected chi connectivity index (χ1v) is 4.73. The van der Waals surface area contributed by atoms with Crippen LogP contribution in [0.5, 0.6) is 0 Å². The minimum absolute atomic E-state index is 0.0458. The number of nitrogens with one attached hydrogen (secondary N) is 1. The van der Waals surface area contributed by atoms with Crippen LogP contribution in [0.15, 0.2) is 12.1 Å². The Morgan fingerprint density at radius 3 is 2.47 bits per heavy atom. The van der Waals surface area contributed by atoms with Crippen molar-refractivity contribution in [1.29, 1.82) is 0 Å². The molecule has 1 aromatic carbocycles. The number of benzene rings is 1. The fraction of sp³-hybridized carbons (Fsp3) is 0.222. The molecule has 3 nitrogen and oxygen atoms in total. The van der Waals surface area contributed by atoms with Crippen molar-refractivity contribution in [2.24, 2.45) is 0 Å². The maximum absolute atomic E-state index is 12.8. The summed E-state index contributed by atoms with van der Waals surface area (Å²) in [6.45, 7) is -0.121. The minimum atomic E-state index is -0.560. The monoisotopic (exact) mass is 251 g/mol. The van der Waals surface area contributed by atoms with Gasteiger partial charge >= 0.3 is 0 Å². The summed E-state index contributed by atoms with van der Waals surface area (Å²) >= 11 is 11.4. The average Bonchev–Trinajstić information content (AvgIpc) is 2.11. The Kier molecular flexibility index (Phi) is 4.32. The third-order valence-corrected chi connectivity index (χ3v) is 2.14. The van der Waals surface area contributed by atoms with Crippen molar-refractivity contribution in [3.8, 4) is 0 Å². The van der Waals surface area contributed by atoms with Crippen LogP contribution in [0.25, 0.3) is 0 Å². The first kappa shape index (κ1) is 12.2. The first-order valence-electron chi connectivity index (χ1n) is 3.98. The molecule has 15 heavy (non-hydrogen) atoms. The number of anilines is 1. The van der Waals surface area contributed by atoms with Crippen molar-refractivity contribution in [2.75, 3.05) is 19.0 Å². The second kappa shape index (κ2) is 5.30. The van der Waals surface area contributed by atoms with E-state index in [1.54, 1.807) is 0 Å². The molecule has 0 atom stereocenters. The Morgan fingerprint density at radius 2 is 2.00 bits per heavy atom. The van der Waals surface area contributed by atoms with Gasteiger partial charge in [-0.1, -0.05) is 23.2 Å². The molecule has 0 aromatic heterocycles. The van der Waals surface area contributed by atoms with Gasteiger partial charge in [-0.3, -0.25) is 4.79 Å². The summed E-state index contributed by atoms with van der Waals surface area (Å²) in [7, 11) is 1.38. The minimum Gasteiger partial charge on any atom is -0.375 e. The molecule has 1 aromatic rings. The number of methoxy groups -OCH3 is 1. The van der Waals surface area contributed by atoms with Crippen LogP contribution in [0.4, 0.5) is 10.1 Å². The van der Waals surface area contributed by atoms with E-state index in [0.29, 0.717) is 0 Å². The molecule has 6 heteroatoms. The van der Waals surface area contributed by atoms with Crippen LogP contribution in [0.2, 0.25) is 10.0 Å². The van der Waals surface area contributed by atoms with E-state index in [1.165, 1.54) is 7.11 Å². The molecule has 0 spiro atoms. The molecule has 0 aliphatic carbocycles. The zero-order valence-electron chi connectivity index (χ0n) is 7.81. The van der Waals surface area contributed by atoms with E-state index in [9.17, 15) is 9.18 Å². The highest BCUT2D eigenvalue weighted by Gasteiger charge is 2.11. The Labute approximate surface area is 96.1 Å². The fourth-order valence-electron chi connectivity index (χ4n) is 0.968. The van der Waals surface area contributed by atoms with E-state index in [0.717, 1.165) is 12.1 Å². The van der Waals surface area contributed by atoms with Crippen LogP contribution in [0, 0.1) is 5.82 Å². The standard InChI is InChI=1S/C9H8Cl2FNO2/c1-15-4-8(14)13-9-6(10)2-5(12)3-7(9)11/h2-3H,4H2,1H3,(H,13,14). The van der Waals surface area contributed by atoms with Gasteiger partial charge < -0.3 is 10.1 Å². The van der Waals surface area contributed by atoms with Gasteiger partial charge in [-0.15, -0.1) is 0 Å². The van der Waals surface area contributed by atoms with Gasteiger partial charge in [-0.05, 0) is 12.1 Å². The van der Waals surface area contributed by atoms with Gasteiger partial charge in [0.05, 0.1) is 15.7 Å². The van der Waals surface area contributed by atoms with E-state index in [-0.39, 0.29) is 22.3 Å². The summed E-state index contributed by atoms with van der Waals surface area (Å²) in [4.78, 5) is 11.2. The normalized spacial score (nSPS) is 10.1. The van der Waals surface area contributed by atoms with Gasteiger partial charge in [0.15, 0.2) is 0 Å². The van der Waals surface area contributed by atoms with Gasteiger partial charge in [0.1, 0.15) is 12.4 Å². The number of hydrogen-bond acceptors (Lipinski definition) is 2. The molecule has 0 saturated carbocycles. The smallest absolute Gasteiger partial charge is 0.250 e. The van der Waals surface area contributed by atoms with Crippen molar-refractivity contribution < 1.29 is 13.9 Å². The average molecular weight is 252 g/mol. The lowest BCUT2D eigenvalue weighted by molar-refractivity contribution is -0.119. The molecule has 1 rings (SSSR count). The summed E-state index contributed by atoms with van der Waals surface area (Å²) < 4.78 is 17.4. The highest BCUT2D eigenvalue weighted by molar-refractivity contribution is 6.39. The molecule has 1 amide bonds. The lowest BCUT2D eigenvalue weighted by Crippen LogP contribution is -2.17. The van der Waals surface area contributed by atoms with Crippen LogP contribution in [0.1, 0.15) is 0 Å².